The van der Waals surface area contributed by atoms with Crippen molar-refractivity contribution in [2.75, 3.05) is 0 Å². The summed E-state index contributed by atoms with van der Waals surface area (Å²) in [6, 6.07) is 0. The van der Waals surface area contributed by atoms with E-state index in [4.69, 9.17) is 20.2 Å². The van der Waals surface area contributed by atoms with E-state index in [2.05, 4.69) is 47.6 Å². The van der Waals surface area contributed by atoms with Crippen LogP contribution in [-0.2, 0) is 39.3 Å². The van der Waals surface area contributed by atoms with Crippen molar-refractivity contribution in [3.8, 4) is 0 Å². The third-order valence-electron chi connectivity index (χ3n) is 3.70. The number of hydrogen-bond donors (Lipinski definition) is 0. The maximum atomic E-state index is 4.80. The zero-order chi connectivity index (χ0) is 23.2. The van der Waals surface area contributed by atoms with Crippen LogP contribution in [0, 0.1) is 0 Å². The Hall–Kier alpha value is -2.06. The van der Waals surface area contributed by atoms with Crippen LogP contribution in [0.2, 0.25) is 0 Å². The van der Waals surface area contributed by atoms with Crippen LogP contribution in [-0.4, -0.2) is 38.2 Å². The van der Waals surface area contributed by atoms with E-state index in [-0.39, 0.29) is 13.1 Å². The molecule has 4 aromatic heterocycles. The molecule has 11 heteroatoms. The second-order valence-electron chi connectivity index (χ2n) is 5.63. The van der Waals surface area contributed by atoms with Crippen LogP contribution in [0.15, 0.2) is 74.9 Å². The van der Waals surface area contributed by atoms with Gasteiger partial charge in [-0.05, 0) is 27.7 Å². The Labute approximate surface area is 199 Å². The molecule has 4 aromatic rings. The first-order valence-corrected chi connectivity index (χ1v) is 13.1. The first-order valence-electron chi connectivity index (χ1n) is 9.84. The Kier molecular flexibility index (Phi) is 19.8. The van der Waals surface area contributed by atoms with E-state index in [0.29, 0.717) is 0 Å². The zero-order valence-electron chi connectivity index (χ0n) is 18.5. The molecule has 0 fully saturated rings. The van der Waals surface area contributed by atoms with Gasteiger partial charge < -0.3 is 18.3 Å². The Morgan fingerprint density at radius 3 is 0.774 bits per heavy atom. The first-order chi connectivity index (χ1) is 15.1. The topological polar surface area (TPSA) is 71.3 Å². The van der Waals surface area contributed by atoms with Gasteiger partial charge in [0.2, 0.25) is 0 Å². The summed E-state index contributed by atoms with van der Waals surface area (Å²) in [5.41, 5.74) is 0. The quantitative estimate of drug-likeness (QED) is 0.363. The molecule has 0 N–H and O–H groups in total. The van der Waals surface area contributed by atoms with E-state index >= 15 is 0 Å². The molecule has 0 saturated carbocycles. The molecule has 0 radical (unpaired) electrons. The zero-order valence-corrected chi connectivity index (χ0v) is 21.2. The van der Waals surface area contributed by atoms with Gasteiger partial charge in [0.05, 0.1) is 25.3 Å². The molecule has 4 rings (SSSR count). The van der Waals surface area contributed by atoms with Crippen LogP contribution in [0.5, 0.6) is 0 Å². The van der Waals surface area contributed by atoms with Crippen LogP contribution in [0.3, 0.4) is 0 Å². The third kappa shape index (κ3) is 16.3. The third-order valence-corrected chi connectivity index (χ3v) is 3.70. The van der Waals surface area contributed by atoms with E-state index < -0.39 is 0 Å². The van der Waals surface area contributed by atoms with Crippen LogP contribution in [0.4, 0.5) is 0 Å². The van der Waals surface area contributed by atoms with Crippen LogP contribution >= 0.6 is 20.2 Å². The number of halogens is 2. The summed E-state index contributed by atoms with van der Waals surface area (Å²) >= 11 is 0.00694. The average Bonchev–Trinajstić information content (AvgIpc) is 3.64. The molecule has 0 spiro atoms. The second kappa shape index (κ2) is 21.2. The van der Waals surface area contributed by atoms with Crippen LogP contribution in [0.1, 0.15) is 27.7 Å². The van der Waals surface area contributed by atoms with E-state index in [0.717, 1.165) is 26.2 Å². The summed E-state index contributed by atoms with van der Waals surface area (Å²) in [4.78, 5) is 15.4. The molecule has 8 nitrogen and oxygen atoms in total. The van der Waals surface area contributed by atoms with Crippen molar-refractivity contribution < 1.29 is 13.1 Å². The predicted molar refractivity (Wildman–Crippen MR) is 123 cm³/mol. The van der Waals surface area contributed by atoms with E-state index in [1.165, 1.54) is 0 Å². The summed E-state index contributed by atoms with van der Waals surface area (Å²) in [6.45, 7) is 12.4. The number of nitrogens with zero attached hydrogens (tertiary/aromatic N) is 8. The van der Waals surface area contributed by atoms with Crippen molar-refractivity contribution in [2.24, 2.45) is 0 Å². The SMILES string of the molecule is CCn1ccnc1.CCn1ccnc1.CCn1ccnc1.CCn1ccnc1.[Cl][Mn][Cl]. The average molecular weight is 510 g/mol. The molecule has 0 aliphatic carbocycles. The molecule has 0 aromatic carbocycles. The number of aromatic nitrogens is 8. The maximum absolute atomic E-state index is 4.80. The minimum absolute atomic E-state index is 0.00694. The molecule has 0 saturated heterocycles. The van der Waals surface area contributed by atoms with Gasteiger partial charge in [-0.15, -0.1) is 0 Å². The Balaban J connectivity index is 0.000000371. The summed E-state index contributed by atoms with van der Waals surface area (Å²) < 4.78 is 8.06. The fraction of sp³-hybridized carbons (Fsp3) is 0.400. The minimum atomic E-state index is 0.00694. The summed E-state index contributed by atoms with van der Waals surface area (Å²) in [5, 5.41) is 0. The molecule has 31 heavy (non-hydrogen) atoms. The summed E-state index contributed by atoms with van der Waals surface area (Å²) in [5.74, 6) is 0. The molecular formula is C20H32Cl2MnN8. The van der Waals surface area contributed by atoms with E-state index in [9.17, 15) is 0 Å². The molecule has 173 valence electrons. The van der Waals surface area contributed by atoms with Crippen LogP contribution < -0.4 is 0 Å². The fourth-order valence-electron chi connectivity index (χ4n) is 1.90. The monoisotopic (exact) mass is 509 g/mol. The van der Waals surface area contributed by atoms with Crippen molar-refractivity contribution in [1.82, 2.24) is 38.2 Å². The molecule has 0 aliphatic rings. The number of rotatable bonds is 4. The molecular weight excluding hydrogens is 478 g/mol. The summed E-state index contributed by atoms with van der Waals surface area (Å²) in [6.07, 6.45) is 22.1. The van der Waals surface area contributed by atoms with Gasteiger partial charge in [-0.25, -0.2) is 19.9 Å². The Morgan fingerprint density at radius 2 is 0.710 bits per heavy atom. The van der Waals surface area contributed by atoms with Crippen LogP contribution in [0.25, 0.3) is 0 Å². The first kappa shape index (κ1) is 28.9. The Morgan fingerprint density at radius 1 is 0.516 bits per heavy atom. The van der Waals surface area contributed by atoms with Gasteiger partial charge in [0.1, 0.15) is 0 Å². The molecule has 0 unspecified atom stereocenters. The van der Waals surface area contributed by atoms with Crippen molar-refractivity contribution >= 4 is 20.2 Å². The standard InChI is InChI=1S/4C5H8N2.2ClH.Mn/c4*1-2-7-4-3-6-5-7;;;/h4*3-5H,2H2,1H3;2*1H;/q;;;;;;+2/p-2. The van der Waals surface area contributed by atoms with Crippen molar-refractivity contribution in [2.45, 2.75) is 53.9 Å². The van der Waals surface area contributed by atoms with Crippen molar-refractivity contribution in [1.29, 1.82) is 0 Å². The summed E-state index contributed by atoms with van der Waals surface area (Å²) in [7, 11) is 9.59. The molecule has 0 amide bonds. The Bertz CT molecular complexity index is 652. The van der Waals surface area contributed by atoms with E-state index in [1.807, 2.05) is 43.1 Å². The van der Waals surface area contributed by atoms with Gasteiger partial charge in [-0.2, -0.15) is 0 Å². The number of hydrogen-bond acceptors (Lipinski definition) is 4. The van der Waals surface area contributed by atoms with Gasteiger partial charge in [0.15, 0.2) is 0 Å². The number of aryl methyl sites for hydroxylation is 4. The van der Waals surface area contributed by atoms with Gasteiger partial charge in [0.25, 0.3) is 0 Å². The van der Waals surface area contributed by atoms with Gasteiger partial charge in [0, 0.05) is 75.8 Å². The molecule has 0 atom stereocenters. The van der Waals surface area contributed by atoms with E-state index in [1.54, 1.807) is 50.1 Å². The van der Waals surface area contributed by atoms with Gasteiger partial charge >= 0.3 is 33.3 Å². The fourth-order valence-corrected chi connectivity index (χ4v) is 1.90. The molecule has 4 heterocycles. The van der Waals surface area contributed by atoms with Gasteiger partial charge in [-0.1, -0.05) is 0 Å². The van der Waals surface area contributed by atoms with Crippen molar-refractivity contribution in [3.63, 3.8) is 0 Å². The predicted octanol–water partition coefficient (Wildman–Crippen LogP) is 4.99. The number of imidazole rings is 4. The van der Waals surface area contributed by atoms with Gasteiger partial charge in [-0.3, -0.25) is 0 Å². The van der Waals surface area contributed by atoms with Crippen molar-refractivity contribution in [3.05, 3.63) is 74.9 Å². The normalized spacial score (nSPS) is 8.97. The molecule has 0 aliphatic heterocycles. The second-order valence-corrected chi connectivity index (χ2v) is 7.58. The molecule has 0 bridgehead atoms.